The SMILES string of the molecule is O=P1(Oc2ccccc2)OC[C@H]2CCCC[C@@H]2N1Cc1ccccc1. The Labute approximate surface area is 149 Å². The molecule has 1 heterocycles. The molecule has 5 heteroatoms. The molecule has 2 aromatic rings. The van der Waals surface area contributed by atoms with Crippen molar-refractivity contribution >= 4 is 7.75 Å². The third-order valence-corrected chi connectivity index (χ3v) is 7.15. The summed E-state index contributed by atoms with van der Waals surface area (Å²) in [5.41, 5.74) is 1.13. The van der Waals surface area contributed by atoms with Gasteiger partial charge in [-0.05, 0) is 36.5 Å². The molecule has 0 bridgehead atoms. The molecule has 1 saturated carbocycles. The van der Waals surface area contributed by atoms with Gasteiger partial charge in [-0.25, -0.2) is 4.57 Å². The summed E-state index contributed by atoms with van der Waals surface area (Å²) in [5.74, 6) is 1.04. The molecule has 0 aromatic heterocycles. The van der Waals surface area contributed by atoms with E-state index in [1.54, 1.807) is 0 Å². The van der Waals surface area contributed by atoms with Crippen molar-refractivity contribution in [2.45, 2.75) is 38.3 Å². The van der Waals surface area contributed by atoms with Gasteiger partial charge in [0.2, 0.25) is 0 Å². The van der Waals surface area contributed by atoms with Crippen molar-refractivity contribution in [3.63, 3.8) is 0 Å². The summed E-state index contributed by atoms with van der Waals surface area (Å²) >= 11 is 0. The lowest BCUT2D eigenvalue weighted by atomic mass is 9.85. The summed E-state index contributed by atoms with van der Waals surface area (Å²) < 4.78 is 27.5. The van der Waals surface area contributed by atoms with Crippen LogP contribution < -0.4 is 4.52 Å². The maximum atomic E-state index is 13.7. The van der Waals surface area contributed by atoms with Crippen LogP contribution in [-0.4, -0.2) is 17.3 Å². The van der Waals surface area contributed by atoms with Crippen LogP contribution in [0.15, 0.2) is 60.7 Å². The molecule has 0 amide bonds. The molecule has 0 N–H and O–H groups in total. The molecular weight excluding hydrogens is 333 g/mol. The summed E-state index contributed by atoms with van der Waals surface area (Å²) in [7, 11) is -3.37. The number of para-hydroxylation sites is 1. The molecule has 1 unspecified atom stereocenters. The fourth-order valence-corrected chi connectivity index (χ4v) is 5.97. The lowest BCUT2D eigenvalue weighted by molar-refractivity contribution is 0.0429. The lowest BCUT2D eigenvalue weighted by Crippen LogP contribution is -2.47. The second-order valence-corrected chi connectivity index (χ2v) is 8.76. The van der Waals surface area contributed by atoms with Gasteiger partial charge in [-0.15, -0.1) is 0 Å². The van der Waals surface area contributed by atoms with Crippen LogP contribution in [0.25, 0.3) is 0 Å². The normalized spacial score (nSPS) is 29.8. The van der Waals surface area contributed by atoms with Gasteiger partial charge < -0.3 is 4.52 Å². The molecule has 1 aliphatic heterocycles. The van der Waals surface area contributed by atoms with Gasteiger partial charge in [0, 0.05) is 12.6 Å². The number of nitrogens with zero attached hydrogens (tertiary/aromatic N) is 1. The Bertz CT molecular complexity index is 737. The average Bonchev–Trinajstić information content (AvgIpc) is 2.66. The zero-order valence-electron chi connectivity index (χ0n) is 14.3. The summed E-state index contributed by atoms with van der Waals surface area (Å²) in [6, 6.07) is 19.8. The largest absolute Gasteiger partial charge is 0.461 e. The van der Waals surface area contributed by atoms with E-state index < -0.39 is 7.75 Å². The van der Waals surface area contributed by atoms with Gasteiger partial charge >= 0.3 is 7.75 Å². The van der Waals surface area contributed by atoms with Crippen molar-refractivity contribution in [1.29, 1.82) is 0 Å². The standard InChI is InChI=1S/C20H24NO3P/c22-25(24-19-12-5-2-6-13-19)21(15-17-9-3-1-4-10-17)20-14-8-7-11-18(20)16-23-25/h1-6,9-10,12-13,18,20H,7-8,11,14-16H2/t18-,20+,25?/m1/s1. The van der Waals surface area contributed by atoms with Gasteiger partial charge in [0.15, 0.2) is 0 Å². The molecule has 132 valence electrons. The molecule has 2 aliphatic rings. The molecule has 2 fully saturated rings. The molecular formula is C20H24NO3P. The highest BCUT2D eigenvalue weighted by molar-refractivity contribution is 7.51. The molecule has 25 heavy (non-hydrogen) atoms. The first-order chi connectivity index (χ1) is 12.2. The Morgan fingerprint density at radius 2 is 1.68 bits per heavy atom. The third-order valence-electron chi connectivity index (χ3n) is 5.17. The van der Waals surface area contributed by atoms with Crippen molar-refractivity contribution in [2.75, 3.05) is 6.61 Å². The maximum Gasteiger partial charge on any atom is 0.461 e. The fraction of sp³-hybridized carbons (Fsp3) is 0.400. The highest BCUT2D eigenvalue weighted by atomic mass is 31.2. The molecule has 3 atom stereocenters. The second-order valence-electron chi connectivity index (χ2n) is 6.86. The minimum atomic E-state index is -3.37. The minimum Gasteiger partial charge on any atom is -0.413 e. The van der Waals surface area contributed by atoms with Crippen LogP contribution in [0.1, 0.15) is 31.2 Å². The van der Waals surface area contributed by atoms with E-state index in [1.807, 2.05) is 53.2 Å². The molecule has 0 radical (unpaired) electrons. The summed E-state index contributed by atoms with van der Waals surface area (Å²) in [6.45, 7) is 1.12. The average molecular weight is 357 g/mol. The van der Waals surface area contributed by atoms with Crippen molar-refractivity contribution in [2.24, 2.45) is 5.92 Å². The van der Waals surface area contributed by atoms with E-state index in [4.69, 9.17) is 9.05 Å². The van der Waals surface area contributed by atoms with E-state index in [-0.39, 0.29) is 6.04 Å². The summed E-state index contributed by atoms with van der Waals surface area (Å²) in [4.78, 5) is 0. The Morgan fingerprint density at radius 3 is 2.44 bits per heavy atom. The van der Waals surface area contributed by atoms with Gasteiger partial charge in [-0.2, -0.15) is 4.67 Å². The van der Waals surface area contributed by atoms with Gasteiger partial charge in [0.25, 0.3) is 0 Å². The number of hydrogen-bond acceptors (Lipinski definition) is 3. The zero-order chi connectivity index (χ0) is 17.1. The van der Waals surface area contributed by atoms with Crippen LogP contribution >= 0.6 is 7.75 Å². The van der Waals surface area contributed by atoms with E-state index in [2.05, 4.69) is 12.1 Å². The van der Waals surface area contributed by atoms with Crippen molar-refractivity contribution in [3.8, 4) is 5.75 Å². The molecule has 0 spiro atoms. The first-order valence-electron chi connectivity index (χ1n) is 9.05. The highest BCUT2D eigenvalue weighted by Gasteiger charge is 2.48. The number of hydrogen-bond donors (Lipinski definition) is 0. The first-order valence-corrected chi connectivity index (χ1v) is 10.5. The van der Waals surface area contributed by atoms with Gasteiger partial charge in [-0.1, -0.05) is 61.4 Å². The van der Waals surface area contributed by atoms with Crippen molar-refractivity contribution in [1.82, 2.24) is 4.67 Å². The third kappa shape index (κ3) is 3.67. The summed E-state index contributed by atoms with van der Waals surface area (Å²) in [6.07, 6.45) is 4.61. The smallest absolute Gasteiger partial charge is 0.413 e. The minimum absolute atomic E-state index is 0.261. The van der Waals surface area contributed by atoms with E-state index in [9.17, 15) is 4.57 Å². The van der Waals surface area contributed by atoms with Crippen LogP contribution in [0.4, 0.5) is 0 Å². The quantitative estimate of drug-likeness (QED) is 0.699. The Morgan fingerprint density at radius 1 is 1.00 bits per heavy atom. The van der Waals surface area contributed by atoms with Crippen LogP contribution in [-0.2, 0) is 15.6 Å². The monoisotopic (exact) mass is 357 g/mol. The van der Waals surface area contributed by atoms with Gasteiger partial charge in [0.05, 0.1) is 6.61 Å². The summed E-state index contributed by atoms with van der Waals surface area (Å²) in [5, 5.41) is 0. The molecule has 4 rings (SSSR count). The predicted molar refractivity (Wildman–Crippen MR) is 98.4 cm³/mol. The Balaban J connectivity index is 1.64. The zero-order valence-corrected chi connectivity index (χ0v) is 15.2. The van der Waals surface area contributed by atoms with Crippen molar-refractivity contribution in [3.05, 3.63) is 66.2 Å². The van der Waals surface area contributed by atoms with Crippen LogP contribution in [0.2, 0.25) is 0 Å². The molecule has 1 saturated heterocycles. The fourth-order valence-electron chi connectivity index (χ4n) is 3.89. The van der Waals surface area contributed by atoms with Crippen LogP contribution in [0.3, 0.4) is 0 Å². The predicted octanol–water partition coefficient (Wildman–Crippen LogP) is 5.26. The number of rotatable bonds is 4. The lowest BCUT2D eigenvalue weighted by Gasteiger charge is -2.46. The van der Waals surface area contributed by atoms with E-state index in [0.29, 0.717) is 24.8 Å². The molecule has 4 nitrogen and oxygen atoms in total. The van der Waals surface area contributed by atoms with Crippen LogP contribution in [0.5, 0.6) is 5.75 Å². The van der Waals surface area contributed by atoms with Crippen LogP contribution in [0, 0.1) is 5.92 Å². The number of benzene rings is 2. The van der Waals surface area contributed by atoms with Crippen molar-refractivity contribution < 1.29 is 13.6 Å². The van der Waals surface area contributed by atoms with Gasteiger partial charge in [-0.3, -0.25) is 4.52 Å². The Hall–Kier alpha value is -1.61. The van der Waals surface area contributed by atoms with E-state index >= 15 is 0 Å². The first kappa shape index (κ1) is 16.8. The topological polar surface area (TPSA) is 38.8 Å². The second kappa shape index (κ2) is 7.33. The molecule has 1 aliphatic carbocycles. The van der Waals surface area contributed by atoms with E-state index in [1.165, 1.54) is 12.8 Å². The number of fused-ring (bicyclic) bond motifs is 1. The van der Waals surface area contributed by atoms with E-state index in [0.717, 1.165) is 18.4 Å². The molecule has 2 aromatic carbocycles. The highest BCUT2D eigenvalue weighted by Crippen LogP contribution is 2.59. The van der Waals surface area contributed by atoms with Gasteiger partial charge in [0.1, 0.15) is 5.75 Å². The Kier molecular flexibility index (Phi) is 4.93. The maximum absolute atomic E-state index is 13.7.